The standard InChI is InChI=1S/C25H26Cl2N2O/c26-22-12-6-11-21(24(22)27)25(29-16-7-14-28-15-17-29)20-10-4-5-13-23(20)30-18-19-8-2-1-3-9-19/h1-6,8-13,25,28H,7,14-18H2. The zero-order valence-corrected chi connectivity index (χ0v) is 18.4. The number of rotatable bonds is 6. The monoisotopic (exact) mass is 440 g/mol. The van der Waals surface area contributed by atoms with Crippen molar-refractivity contribution < 1.29 is 4.74 Å². The van der Waals surface area contributed by atoms with Crippen LogP contribution in [0.2, 0.25) is 10.0 Å². The van der Waals surface area contributed by atoms with Gasteiger partial charge in [-0.05, 0) is 36.2 Å². The van der Waals surface area contributed by atoms with Gasteiger partial charge in [0.2, 0.25) is 0 Å². The molecule has 4 rings (SSSR count). The molecule has 1 fully saturated rings. The van der Waals surface area contributed by atoms with Crippen molar-refractivity contribution in [1.82, 2.24) is 10.2 Å². The lowest BCUT2D eigenvalue weighted by atomic mass is 9.95. The van der Waals surface area contributed by atoms with Crippen LogP contribution >= 0.6 is 23.2 Å². The van der Waals surface area contributed by atoms with Crippen LogP contribution in [0.15, 0.2) is 72.8 Å². The first-order valence-electron chi connectivity index (χ1n) is 10.4. The van der Waals surface area contributed by atoms with E-state index in [0.717, 1.165) is 55.0 Å². The molecule has 0 aromatic heterocycles. The summed E-state index contributed by atoms with van der Waals surface area (Å²) >= 11 is 13.1. The molecule has 0 saturated carbocycles. The van der Waals surface area contributed by atoms with Crippen molar-refractivity contribution in [2.45, 2.75) is 19.1 Å². The fraction of sp³-hybridized carbons (Fsp3) is 0.280. The fourth-order valence-corrected chi connectivity index (χ4v) is 4.40. The van der Waals surface area contributed by atoms with Crippen LogP contribution in [0.5, 0.6) is 5.75 Å². The average molecular weight is 441 g/mol. The largest absolute Gasteiger partial charge is 0.489 e. The first-order valence-corrected chi connectivity index (χ1v) is 11.1. The van der Waals surface area contributed by atoms with Gasteiger partial charge >= 0.3 is 0 Å². The minimum Gasteiger partial charge on any atom is -0.489 e. The van der Waals surface area contributed by atoms with Crippen molar-refractivity contribution in [2.24, 2.45) is 0 Å². The quantitative estimate of drug-likeness (QED) is 0.511. The Morgan fingerprint density at radius 1 is 0.833 bits per heavy atom. The molecule has 1 saturated heterocycles. The number of nitrogens with one attached hydrogen (secondary N) is 1. The summed E-state index contributed by atoms with van der Waals surface area (Å²) in [6, 6.07) is 24.4. The summed E-state index contributed by atoms with van der Waals surface area (Å²) in [5.41, 5.74) is 3.27. The van der Waals surface area contributed by atoms with Gasteiger partial charge < -0.3 is 10.1 Å². The van der Waals surface area contributed by atoms with E-state index in [0.29, 0.717) is 16.7 Å². The third kappa shape index (κ3) is 4.98. The molecule has 1 atom stereocenters. The summed E-state index contributed by atoms with van der Waals surface area (Å²) in [4.78, 5) is 2.47. The van der Waals surface area contributed by atoms with Gasteiger partial charge in [0.25, 0.3) is 0 Å². The molecular formula is C25H26Cl2N2O. The van der Waals surface area contributed by atoms with Gasteiger partial charge in [0.1, 0.15) is 12.4 Å². The summed E-state index contributed by atoms with van der Waals surface area (Å²) in [6.07, 6.45) is 1.09. The summed E-state index contributed by atoms with van der Waals surface area (Å²) in [5, 5.41) is 4.68. The lowest BCUT2D eigenvalue weighted by molar-refractivity contribution is 0.230. The van der Waals surface area contributed by atoms with E-state index in [1.807, 2.05) is 42.5 Å². The molecule has 1 N–H and O–H groups in total. The van der Waals surface area contributed by atoms with Gasteiger partial charge in [-0.2, -0.15) is 0 Å². The minimum atomic E-state index is -0.0249. The molecule has 156 valence electrons. The highest BCUT2D eigenvalue weighted by molar-refractivity contribution is 6.42. The van der Waals surface area contributed by atoms with Crippen LogP contribution in [-0.2, 0) is 6.61 Å². The molecule has 1 heterocycles. The second kappa shape index (κ2) is 10.3. The maximum atomic E-state index is 6.71. The summed E-state index contributed by atoms with van der Waals surface area (Å²) < 4.78 is 6.30. The van der Waals surface area contributed by atoms with E-state index in [1.165, 1.54) is 0 Å². The van der Waals surface area contributed by atoms with E-state index < -0.39 is 0 Å². The molecular weight excluding hydrogens is 415 g/mol. The number of para-hydroxylation sites is 1. The molecule has 1 aliphatic heterocycles. The van der Waals surface area contributed by atoms with Gasteiger partial charge in [-0.15, -0.1) is 0 Å². The Labute approximate surface area is 188 Å². The molecule has 3 aromatic rings. The van der Waals surface area contributed by atoms with Gasteiger partial charge in [0, 0.05) is 25.2 Å². The molecule has 3 nitrogen and oxygen atoms in total. The number of hydrogen-bond donors (Lipinski definition) is 1. The van der Waals surface area contributed by atoms with Gasteiger partial charge in [-0.1, -0.05) is 83.9 Å². The van der Waals surface area contributed by atoms with Crippen LogP contribution in [0.1, 0.15) is 29.2 Å². The Morgan fingerprint density at radius 3 is 2.47 bits per heavy atom. The number of halogens is 2. The van der Waals surface area contributed by atoms with Crippen molar-refractivity contribution in [3.05, 3.63) is 99.5 Å². The lowest BCUT2D eigenvalue weighted by Crippen LogP contribution is -2.33. The highest BCUT2D eigenvalue weighted by Crippen LogP contribution is 2.40. The number of nitrogens with zero attached hydrogens (tertiary/aromatic N) is 1. The molecule has 3 aromatic carbocycles. The van der Waals surface area contributed by atoms with E-state index in [9.17, 15) is 0 Å². The van der Waals surface area contributed by atoms with Crippen molar-refractivity contribution in [2.75, 3.05) is 26.2 Å². The van der Waals surface area contributed by atoms with E-state index in [4.69, 9.17) is 27.9 Å². The van der Waals surface area contributed by atoms with E-state index in [2.05, 4.69) is 40.5 Å². The third-order valence-electron chi connectivity index (χ3n) is 5.47. The highest BCUT2D eigenvalue weighted by atomic mass is 35.5. The Kier molecular flexibility index (Phi) is 7.29. The van der Waals surface area contributed by atoms with Crippen LogP contribution in [0.3, 0.4) is 0 Å². The van der Waals surface area contributed by atoms with Crippen LogP contribution in [0.25, 0.3) is 0 Å². The second-order valence-corrected chi connectivity index (χ2v) is 8.28. The predicted octanol–water partition coefficient (Wildman–Crippen LogP) is 5.96. The fourth-order valence-electron chi connectivity index (χ4n) is 3.99. The second-order valence-electron chi connectivity index (χ2n) is 7.50. The van der Waals surface area contributed by atoms with E-state index >= 15 is 0 Å². The van der Waals surface area contributed by atoms with Gasteiger partial charge in [0.15, 0.2) is 0 Å². The number of benzene rings is 3. The molecule has 1 unspecified atom stereocenters. The molecule has 0 spiro atoms. The highest BCUT2D eigenvalue weighted by Gasteiger charge is 2.28. The third-order valence-corrected chi connectivity index (χ3v) is 6.30. The lowest BCUT2D eigenvalue weighted by Gasteiger charge is -2.33. The van der Waals surface area contributed by atoms with Gasteiger partial charge in [0.05, 0.1) is 16.1 Å². The van der Waals surface area contributed by atoms with E-state index in [1.54, 1.807) is 0 Å². The van der Waals surface area contributed by atoms with Crippen molar-refractivity contribution in [1.29, 1.82) is 0 Å². The van der Waals surface area contributed by atoms with Crippen LogP contribution in [-0.4, -0.2) is 31.1 Å². The topological polar surface area (TPSA) is 24.5 Å². The smallest absolute Gasteiger partial charge is 0.124 e. The number of ether oxygens (including phenoxy) is 1. The summed E-state index contributed by atoms with van der Waals surface area (Å²) in [7, 11) is 0. The summed E-state index contributed by atoms with van der Waals surface area (Å²) in [6.45, 7) is 4.41. The van der Waals surface area contributed by atoms with Crippen molar-refractivity contribution in [3.63, 3.8) is 0 Å². The molecule has 1 aliphatic rings. The Bertz CT molecular complexity index is 956. The Morgan fingerprint density at radius 2 is 1.60 bits per heavy atom. The zero-order chi connectivity index (χ0) is 20.8. The van der Waals surface area contributed by atoms with Crippen molar-refractivity contribution in [3.8, 4) is 5.75 Å². The average Bonchev–Trinajstić information content (AvgIpc) is 3.06. The molecule has 0 bridgehead atoms. The Balaban J connectivity index is 1.72. The molecule has 0 radical (unpaired) electrons. The van der Waals surface area contributed by atoms with Crippen LogP contribution in [0, 0.1) is 0 Å². The maximum absolute atomic E-state index is 6.71. The van der Waals surface area contributed by atoms with Crippen molar-refractivity contribution >= 4 is 23.2 Å². The van der Waals surface area contributed by atoms with Gasteiger partial charge in [-0.3, -0.25) is 4.90 Å². The van der Waals surface area contributed by atoms with Crippen LogP contribution in [0.4, 0.5) is 0 Å². The molecule has 30 heavy (non-hydrogen) atoms. The normalized spacial score (nSPS) is 16.1. The SMILES string of the molecule is Clc1cccc(C(c2ccccc2OCc2ccccc2)N2CCCNCC2)c1Cl. The van der Waals surface area contributed by atoms with Gasteiger partial charge in [-0.25, -0.2) is 0 Å². The molecule has 5 heteroatoms. The molecule has 0 aliphatic carbocycles. The first-order chi connectivity index (χ1) is 14.7. The first kappa shape index (κ1) is 21.2. The number of hydrogen-bond acceptors (Lipinski definition) is 3. The minimum absolute atomic E-state index is 0.0249. The summed E-state index contributed by atoms with van der Waals surface area (Å²) in [5.74, 6) is 0.875. The van der Waals surface area contributed by atoms with Crippen LogP contribution < -0.4 is 10.1 Å². The Hall–Kier alpha value is -2.04. The van der Waals surface area contributed by atoms with E-state index in [-0.39, 0.29) is 6.04 Å². The maximum Gasteiger partial charge on any atom is 0.124 e. The predicted molar refractivity (Wildman–Crippen MR) is 125 cm³/mol. The zero-order valence-electron chi connectivity index (χ0n) is 16.9. The molecule has 0 amide bonds.